The molecule has 4 heterocycles. The van der Waals surface area contributed by atoms with E-state index in [2.05, 4.69) is 191 Å². The fraction of sp³-hybridized carbons (Fsp3) is 0.449. The van der Waals surface area contributed by atoms with Gasteiger partial charge in [-0.1, -0.05) is 146 Å². The van der Waals surface area contributed by atoms with Crippen LogP contribution in [-0.2, 0) is 27.1 Å². The van der Waals surface area contributed by atoms with Gasteiger partial charge in [-0.15, -0.1) is 0 Å². The van der Waals surface area contributed by atoms with Crippen molar-refractivity contribution >= 4 is 0 Å². The molecule has 0 fully saturated rings. The van der Waals surface area contributed by atoms with Crippen molar-refractivity contribution in [3.05, 3.63) is 156 Å². The number of pyridine rings is 4. The van der Waals surface area contributed by atoms with Gasteiger partial charge in [-0.2, -0.15) is 5.26 Å². The molecule has 0 bridgehead atoms. The largest absolute Gasteiger partial charge is 0.265 e. The van der Waals surface area contributed by atoms with E-state index in [1.807, 2.05) is 55.4 Å². The van der Waals surface area contributed by atoms with Gasteiger partial charge in [0.05, 0.1) is 6.07 Å². The second-order valence-electron chi connectivity index (χ2n) is 18.2. The molecule has 0 unspecified atom stereocenters. The summed E-state index contributed by atoms with van der Waals surface area (Å²) in [5.74, 6) is 0. The SMILES string of the molecule is CC#N.CC(C)(C)c1ccccc1.CC(C)(C)c1ccccn1.CC(C)(C)c1cccnc1.CC(C)(C)c1ccncc1.Cc1ccncc1C(C)(C)C. The molecule has 0 aliphatic carbocycles. The molecule has 0 aliphatic rings. The summed E-state index contributed by atoms with van der Waals surface area (Å²) in [5.41, 5.74) is 9.01. The Bertz CT molecular complexity index is 1510. The molecule has 0 saturated heterocycles. The van der Waals surface area contributed by atoms with Crippen molar-refractivity contribution in [2.75, 3.05) is 0 Å². The molecule has 0 N–H and O–H groups in total. The molecule has 292 valence electrons. The third kappa shape index (κ3) is 21.7. The summed E-state index contributed by atoms with van der Waals surface area (Å²) in [5, 5.41) is 7.32. The molecule has 4 aromatic heterocycles. The van der Waals surface area contributed by atoms with Crippen LogP contribution in [0.5, 0.6) is 0 Å². The molecule has 54 heavy (non-hydrogen) atoms. The normalized spacial score (nSPS) is 11.0. The Kier molecular flexibility index (Phi) is 21.2. The van der Waals surface area contributed by atoms with Gasteiger partial charge >= 0.3 is 0 Å². The highest BCUT2D eigenvalue weighted by molar-refractivity contribution is 5.28. The molecule has 5 nitrogen and oxygen atoms in total. The lowest BCUT2D eigenvalue weighted by molar-refractivity contribution is 0.569. The molecule has 0 spiro atoms. The van der Waals surface area contributed by atoms with Crippen LogP contribution >= 0.6 is 0 Å². The summed E-state index contributed by atoms with van der Waals surface area (Å²) in [6.45, 7) is 36.5. The zero-order valence-electron chi connectivity index (χ0n) is 36.8. The van der Waals surface area contributed by atoms with Gasteiger partial charge in [0, 0.05) is 61.4 Å². The van der Waals surface area contributed by atoms with Gasteiger partial charge in [-0.3, -0.25) is 19.9 Å². The van der Waals surface area contributed by atoms with Crippen molar-refractivity contribution in [3.63, 3.8) is 0 Å². The van der Waals surface area contributed by atoms with Crippen molar-refractivity contribution in [2.45, 2.75) is 145 Å². The molecule has 5 aromatic rings. The highest BCUT2D eigenvalue weighted by Crippen LogP contribution is 2.24. The topological polar surface area (TPSA) is 75.3 Å². The third-order valence-electron chi connectivity index (χ3n) is 7.99. The Morgan fingerprint density at radius 1 is 0.426 bits per heavy atom. The predicted molar refractivity (Wildman–Crippen MR) is 233 cm³/mol. The number of aromatic nitrogens is 4. The van der Waals surface area contributed by atoms with Crippen molar-refractivity contribution in [1.29, 1.82) is 5.26 Å². The molecule has 5 heteroatoms. The van der Waals surface area contributed by atoms with E-state index in [1.165, 1.54) is 34.7 Å². The number of nitrogens with zero attached hydrogens (tertiary/aromatic N) is 5. The van der Waals surface area contributed by atoms with Crippen molar-refractivity contribution in [1.82, 2.24) is 19.9 Å². The van der Waals surface area contributed by atoms with Crippen LogP contribution in [0.25, 0.3) is 0 Å². The lowest BCUT2D eigenvalue weighted by Crippen LogP contribution is -2.13. The van der Waals surface area contributed by atoms with Gasteiger partial charge < -0.3 is 0 Å². The summed E-state index contributed by atoms with van der Waals surface area (Å²) < 4.78 is 0. The van der Waals surface area contributed by atoms with Gasteiger partial charge in [0.25, 0.3) is 0 Å². The van der Waals surface area contributed by atoms with Crippen LogP contribution in [0, 0.1) is 18.3 Å². The number of benzene rings is 1. The summed E-state index contributed by atoms with van der Waals surface area (Å²) in [7, 11) is 0. The Morgan fingerprint density at radius 2 is 0.870 bits per heavy atom. The van der Waals surface area contributed by atoms with Gasteiger partial charge in [-0.25, -0.2) is 0 Å². The second-order valence-corrected chi connectivity index (χ2v) is 18.2. The molecule has 0 radical (unpaired) electrons. The standard InChI is InChI=1S/C10H15N.C10H14.3C9H13N.C2H3N/c1-8-5-6-11-7-9(8)10(2,3)4;1-10(2,3)9-7-5-4-6-8-9;1-9(2,3)8-4-6-10-7-5-8;1-9(2,3)8-5-4-6-10-7-8;1-9(2,3)8-6-4-5-7-10-8;1-2-3/h5-7H,1-4H3;4-8H,1-3H3;3*4-7H,1-3H3;1H3. The van der Waals surface area contributed by atoms with Crippen LogP contribution in [0.2, 0.25) is 0 Å². The van der Waals surface area contributed by atoms with E-state index in [1.54, 1.807) is 12.3 Å². The van der Waals surface area contributed by atoms with Crippen LogP contribution < -0.4 is 0 Å². The smallest absolute Gasteiger partial charge is 0.0587 e. The first-order valence-corrected chi connectivity index (χ1v) is 18.9. The maximum atomic E-state index is 7.32. The van der Waals surface area contributed by atoms with E-state index in [-0.39, 0.29) is 21.7 Å². The molecular weight excluding hydrogens is 659 g/mol. The third-order valence-corrected chi connectivity index (χ3v) is 7.99. The summed E-state index contributed by atoms with van der Waals surface area (Å²) in [6.07, 6.45) is 13.0. The van der Waals surface area contributed by atoms with Crippen LogP contribution in [0.4, 0.5) is 0 Å². The number of aryl methyl sites for hydroxylation is 1. The highest BCUT2D eigenvalue weighted by atomic mass is 14.7. The van der Waals surface area contributed by atoms with Crippen LogP contribution in [0.15, 0.2) is 122 Å². The van der Waals surface area contributed by atoms with Gasteiger partial charge in [-0.05, 0) is 92.8 Å². The summed E-state index contributed by atoms with van der Waals surface area (Å²) >= 11 is 0. The maximum Gasteiger partial charge on any atom is 0.0587 e. The Labute approximate surface area is 330 Å². The zero-order chi connectivity index (χ0) is 41.6. The molecular formula is C49H71N5. The van der Waals surface area contributed by atoms with E-state index in [0.717, 1.165) is 5.69 Å². The molecule has 5 rings (SSSR count). The number of nitriles is 1. The second kappa shape index (κ2) is 23.2. The number of hydrogen-bond donors (Lipinski definition) is 0. The van der Waals surface area contributed by atoms with Gasteiger partial charge in [0.2, 0.25) is 0 Å². The fourth-order valence-electron chi connectivity index (χ4n) is 4.65. The minimum absolute atomic E-state index is 0.182. The van der Waals surface area contributed by atoms with Crippen molar-refractivity contribution in [2.24, 2.45) is 0 Å². The van der Waals surface area contributed by atoms with Crippen LogP contribution in [0.1, 0.15) is 144 Å². The number of hydrogen-bond acceptors (Lipinski definition) is 5. The fourth-order valence-corrected chi connectivity index (χ4v) is 4.65. The zero-order valence-corrected chi connectivity index (χ0v) is 36.8. The van der Waals surface area contributed by atoms with E-state index in [9.17, 15) is 0 Å². The lowest BCUT2D eigenvalue weighted by atomic mass is 9.86. The minimum Gasteiger partial charge on any atom is -0.265 e. The monoisotopic (exact) mass is 730 g/mol. The summed E-state index contributed by atoms with van der Waals surface area (Å²) in [4.78, 5) is 16.4. The minimum atomic E-state index is 0.182. The van der Waals surface area contributed by atoms with Gasteiger partial charge in [0.15, 0.2) is 0 Å². The average Bonchev–Trinajstić information content (AvgIpc) is 3.10. The molecule has 1 aromatic carbocycles. The average molecular weight is 730 g/mol. The lowest BCUT2D eigenvalue weighted by Gasteiger charge is -2.20. The Morgan fingerprint density at radius 3 is 1.17 bits per heavy atom. The van der Waals surface area contributed by atoms with E-state index in [4.69, 9.17) is 5.26 Å². The quantitative estimate of drug-likeness (QED) is 0.159. The van der Waals surface area contributed by atoms with E-state index < -0.39 is 0 Å². The first-order valence-electron chi connectivity index (χ1n) is 18.9. The van der Waals surface area contributed by atoms with E-state index in [0.29, 0.717) is 5.41 Å². The van der Waals surface area contributed by atoms with Gasteiger partial charge in [0.1, 0.15) is 0 Å². The van der Waals surface area contributed by atoms with Crippen LogP contribution in [-0.4, -0.2) is 19.9 Å². The predicted octanol–water partition coefficient (Wildman–Crippen LogP) is 13.3. The Hall–Kier alpha value is -4.69. The summed E-state index contributed by atoms with van der Waals surface area (Å²) in [6, 6.07) is 28.6. The van der Waals surface area contributed by atoms with Crippen molar-refractivity contribution in [3.8, 4) is 6.07 Å². The van der Waals surface area contributed by atoms with E-state index >= 15 is 0 Å². The number of rotatable bonds is 0. The van der Waals surface area contributed by atoms with Crippen LogP contribution in [0.3, 0.4) is 0 Å². The Balaban J connectivity index is 0.000000638. The first kappa shape index (κ1) is 49.3. The molecule has 0 atom stereocenters. The highest BCUT2D eigenvalue weighted by Gasteiger charge is 2.16. The first-order chi connectivity index (χ1) is 24.9. The molecule has 0 amide bonds. The maximum absolute atomic E-state index is 7.32. The molecule has 0 saturated carbocycles. The van der Waals surface area contributed by atoms with Crippen molar-refractivity contribution < 1.29 is 0 Å². The molecule has 0 aliphatic heterocycles.